The fourth-order valence-corrected chi connectivity index (χ4v) is 5.56. The Balaban J connectivity index is 1.71. The van der Waals surface area contributed by atoms with E-state index in [9.17, 15) is 22.8 Å². The zero-order valence-electron chi connectivity index (χ0n) is 16.0. The number of benzene rings is 1. The number of thioether (sulfide) groups is 1. The van der Waals surface area contributed by atoms with Gasteiger partial charge in [0.2, 0.25) is 15.9 Å². The van der Waals surface area contributed by atoms with Crippen LogP contribution in [0, 0.1) is 0 Å². The Morgan fingerprint density at radius 2 is 1.83 bits per heavy atom. The summed E-state index contributed by atoms with van der Waals surface area (Å²) in [5.74, 6) is -1.04. The molecule has 0 atom stereocenters. The van der Waals surface area contributed by atoms with E-state index in [0.29, 0.717) is 23.7 Å². The molecule has 0 aromatic heterocycles. The predicted octanol–water partition coefficient (Wildman–Crippen LogP) is 1.63. The second kappa shape index (κ2) is 9.10. The first-order valence-electron chi connectivity index (χ1n) is 9.28. The van der Waals surface area contributed by atoms with Crippen molar-refractivity contribution < 1.29 is 27.5 Å². The van der Waals surface area contributed by atoms with E-state index in [1.54, 1.807) is 6.92 Å². The van der Waals surface area contributed by atoms with Crippen LogP contribution in [0.5, 0.6) is 0 Å². The zero-order valence-corrected chi connectivity index (χ0v) is 17.6. The lowest BCUT2D eigenvalue weighted by Gasteiger charge is -2.17. The highest BCUT2D eigenvalue weighted by atomic mass is 32.2. The van der Waals surface area contributed by atoms with Crippen molar-refractivity contribution in [1.82, 2.24) is 9.21 Å². The highest BCUT2D eigenvalue weighted by Crippen LogP contribution is 2.29. The first-order chi connectivity index (χ1) is 13.8. The van der Waals surface area contributed by atoms with Gasteiger partial charge in [0.1, 0.15) is 0 Å². The smallest absolute Gasteiger partial charge is 0.333 e. The maximum atomic E-state index is 12.6. The monoisotopic (exact) mass is 438 g/mol. The summed E-state index contributed by atoms with van der Waals surface area (Å²) in [5, 5.41) is 0.370. The SMILES string of the molecule is CCOC(=O)C=C1SCC(=O)N1CC(=O)c1ccc(S(=O)(=O)N2CCCC2)cc1. The molecule has 8 nitrogen and oxygen atoms in total. The van der Waals surface area contributed by atoms with Crippen molar-refractivity contribution >= 4 is 39.4 Å². The summed E-state index contributed by atoms with van der Waals surface area (Å²) < 4.78 is 31.4. The normalized spacial score (nSPS) is 19.1. The van der Waals surface area contributed by atoms with Crippen molar-refractivity contribution in [3.05, 3.63) is 40.9 Å². The fourth-order valence-electron chi connectivity index (χ4n) is 3.11. The summed E-state index contributed by atoms with van der Waals surface area (Å²) in [6.07, 6.45) is 2.90. The summed E-state index contributed by atoms with van der Waals surface area (Å²) in [7, 11) is -3.55. The first kappa shape index (κ1) is 21.5. The van der Waals surface area contributed by atoms with Gasteiger partial charge in [0, 0.05) is 18.7 Å². The summed E-state index contributed by atoms with van der Waals surface area (Å²) in [6, 6.07) is 5.73. The van der Waals surface area contributed by atoms with Crippen LogP contribution in [-0.4, -0.2) is 67.3 Å². The van der Waals surface area contributed by atoms with E-state index in [1.807, 2.05) is 0 Å². The average molecular weight is 439 g/mol. The van der Waals surface area contributed by atoms with Crippen LogP contribution in [0.25, 0.3) is 0 Å². The van der Waals surface area contributed by atoms with E-state index in [2.05, 4.69) is 0 Å². The van der Waals surface area contributed by atoms with Crippen LogP contribution in [0.15, 0.2) is 40.3 Å². The van der Waals surface area contributed by atoms with Crippen molar-refractivity contribution in [2.45, 2.75) is 24.7 Å². The van der Waals surface area contributed by atoms with Crippen LogP contribution in [0.3, 0.4) is 0 Å². The number of ether oxygens (including phenoxy) is 1. The van der Waals surface area contributed by atoms with Crippen LogP contribution in [-0.2, 0) is 24.3 Å². The molecule has 2 heterocycles. The average Bonchev–Trinajstić information content (AvgIpc) is 3.35. The van der Waals surface area contributed by atoms with Gasteiger partial charge in [-0.05, 0) is 44.0 Å². The largest absolute Gasteiger partial charge is 0.463 e. The fraction of sp³-hybridized carbons (Fsp3) is 0.421. The molecule has 0 unspecified atom stereocenters. The van der Waals surface area contributed by atoms with Crippen molar-refractivity contribution in [3.63, 3.8) is 0 Å². The number of carbonyl (C=O) groups is 3. The van der Waals surface area contributed by atoms with Gasteiger partial charge in [-0.25, -0.2) is 13.2 Å². The van der Waals surface area contributed by atoms with Crippen LogP contribution < -0.4 is 0 Å². The molecule has 2 aliphatic rings. The minimum atomic E-state index is -3.55. The zero-order chi connectivity index (χ0) is 21.0. The Bertz CT molecular complexity index is 934. The lowest BCUT2D eigenvalue weighted by molar-refractivity contribution is -0.137. The van der Waals surface area contributed by atoms with Crippen LogP contribution >= 0.6 is 11.8 Å². The number of nitrogens with zero attached hydrogens (tertiary/aromatic N) is 2. The van der Waals surface area contributed by atoms with E-state index in [0.717, 1.165) is 12.8 Å². The van der Waals surface area contributed by atoms with Gasteiger partial charge in [-0.2, -0.15) is 4.31 Å². The van der Waals surface area contributed by atoms with Crippen LogP contribution in [0.4, 0.5) is 0 Å². The molecule has 0 aliphatic carbocycles. The summed E-state index contributed by atoms with van der Waals surface area (Å²) >= 11 is 1.17. The Morgan fingerprint density at radius 3 is 2.45 bits per heavy atom. The Labute approximate surface area is 173 Å². The summed E-state index contributed by atoms with van der Waals surface area (Å²) in [4.78, 5) is 37.8. The highest BCUT2D eigenvalue weighted by Gasteiger charge is 2.30. The molecule has 156 valence electrons. The van der Waals surface area contributed by atoms with E-state index in [4.69, 9.17) is 4.74 Å². The third-order valence-electron chi connectivity index (χ3n) is 4.62. The number of sulfonamides is 1. The number of Topliss-reactive ketones (excluding diaryl/α,β-unsaturated/α-hetero) is 1. The number of rotatable bonds is 7. The van der Waals surface area contributed by atoms with Gasteiger partial charge in [0.05, 0.1) is 34.9 Å². The van der Waals surface area contributed by atoms with E-state index >= 15 is 0 Å². The maximum Gasteiger partial charge on any atom is 0.333 e. The standard InChI is InChI=1S/C19H22N2O6S2/c1-2-27-19(24)11-18-21(17(23)13-28-18)12-16(22)14-5-7-15(8-6-14)29(25,26)20-9-3-4-10-20/h5-8,11H,2-4,9-10,12-13H2,1H3. The third-order valence-corrected chi connectivity index (χ3v) is 7.56. The third kappa shape index (κ3) is 4.88. The highest BCUT2D eigenvalue weighted by molar-refractivity contribution is 8.04. The number of esters is 1. The van der Waals surface area contributed by atoms with Crippen molar-refractivity contribution in [3.8, 4) is 0 Å². The molecular formula is C19H22N2O6S2. The quantitative estimate of drug-likeness (QED) is 0.362. The van der Waals surface area contributed by atoms with Crippen molar-refractivity contribution in [2.75, 3.05) is 32.0 Å². The Hall–Kier alpha value is -2.17. The molecule has 0 radical (unpaired) electrons. The van der Waals surface area contributed by atoms with Crippen LogP contribution in [0.1, 0.15) is 30.1 Å². The van der Waals surface area contributed by atoms with Gasteiger partial charge in [-0.1, -0.05) is 11.8 Å². The number of carbonyl (C=O) groups excluding carboxylic acids is 3. The molecule has 1 aromatic carbocycles. The maximum absolute atomic E-state index is 12.6. The lowest BCUT2D eigenvalue weighted by atomic mass is 10.1. The Morgan fingerprint density at radius 1 is 1.17 bits per heavy atom. The second-order valence-corrected chi connectivity index (χ2v) is 9.50. The van der Waals surface area contributed by atoms with Gasteiger partial charge in [-0.15, -0.1) is 0 Å². The molecule has 0 bridgehead atoms. The molecule has 10 heteroatoms. The second-order valence-electron chi connectivity index (χ2n) is 6.56. The molecule has 0 spiro atoms. The molecule has 1 amide bonds. The molecule has 3 rings (SSSR count). The van der Waals surface area contributed by atoms with Gasteiger partial charge in [0.25, 0.3) is 0 Å². The molecular weight excluding hydrogens is 416 g/mol. The topological polar surface area (TPSA) is 101 Å². The molecule has 29 heavy (non-hydrogen) atoms. The first-order valence-corrected chi connectivity index (χ1v) is 11.7. The number of hydrogen-bond acceptors (Lipinski definition) is 7. The molecule has 2 aliphatic heterocycles. The number of hydrogen-bond donors (Lipinski definition) is 0. The Kier molecular flexibility index (Phi) is 6.76. The predicted molar refractivity (Wildman–Crippen MR) is 108 cm³/mol. The van der Waals surface area contributed by atoms with Crippen molar-refractivity contribution in [2.24, 2.45) is 0 Å². The van der Waals surface area contributed by atoms with Crippen LogP contribution in [0.2, 0.25) is 0 Å². The van der Waals surface area contributed by atoms with E-state index in [1.165, 1.54) is 51.3 Å². The van der Waals surface area contributed by atoms with Gasteiger partial charge in [-0.3, -0.25) is 14.5 Å². The number of amides is 1. The molecule has 2 saturated heterocycles. The molecule has 0 saturated carbocycles. The van der Waals surface area contributed by atoms with E-state index in [-0.39, 0.29) is 35.5 Å². The van der Waals surface area contributed by atoms with Gasteiger partial charge in [0.15, 0.2) is 5.78 Å². The van der Waals surface area contributed by atoms with Gasteiger partial charge >= 0.3 is 5.97 Å². The summed E-state index contributed by atoms with van der Waals surface area (Å²) in [6.45, 7) is 2.68. The van der Waals surface area contributed by atoms with Gasteiger partial charge < -0.3 is 4.74 Å². The minimum absolute atomic E-state index is 0.144. The summed E-state index contributed by atoms with van der Waals surface area (Å²) in [5.41, 5.74) is 0.297. The minimum Gasteiger partial charge on any atom is -0.463 e. The van der Waals surface area contributed by atoms with Crippen molar-refractivity contribution in [1.29, 1.82) is 0 Å². The number of ketones is 1. The molecule has 0 N–H and O–H groups in total. The molecule has 1 aromatic rings. The lowest BCUT2D eigenvalue weighted by Crippen LogP contribution is -2.31. The van der Waals surface area contributed by atoms with E-state index < -0.39 is 16.0 Å². The molecule has 2 fully saturated rings.